The largest absolute Gasteiger partial charge is 0.354 e. The second-order valence-corrected chi connectivity index (χ2v) is 4.29. The molecule has 2 aliphatic rings. The Morgan fingerprint density at radius 3 is 2.88 bits per heavy atom. The third-order valence-corrected chi connectivity index (χ3v) is 3.10. The molecule has 0 saturated carbocycles. The van der Waals surface area contributed by atoms with Crippen LogP contribution in [0.3, 0.4) is 0 Å². The number of hydrogen-bond acceptors (Lipinski definition) is 4. The van der Waals surface area contributed by atoms with E-state index in [0.717, 1.165) is 31.3 Å². The topological polar surface area (TPSA) is 49.3 Å². The van der Waals surface area contributed by atoms with Gasteiger partial charge in [-0.25, -0.2) is 4.98 Å². The molecule has 2 heterocycles. The highest BCUT2D eigenvalue weighted by Gasteiger charge is 2.12. The van der Waals surface area contributed by atoms with E-state index in [1.807, 2.05) is 6.07 Å². The fraction of sp³-hybridized carbons (Fsp3) is 0.500. The molecule has 1 aromatic rings. The molecule has 4 nitrogen and oxygen atoms in total. The van der Waals surface area contributed by atoms with E-state index in [9.17, 15) is 0 Å². The fourth-order valence-electron chi connectivity index (χ4n) is 2.25. The van der Waals surface area contributed by atoms with Gasteiger partial charge in [0.2, 0.25) is 0 Å². The molecule has 0 unspecified atom stereocenters. The number of anilines is 1. The second-order valence-electron chi connectivity index (χ2n) is 4.29. The molecule has 0 aromatic carbocycles. The number of fused-ring (bicyclic) bond motifs is 1. The van der Waals surface area contributed by atoms with Crippen LogP contribution in [0.25, 0.3) is 0 Å². The van der Waals surface area contributed by atoms with Crippen molar-refractivity contribution in [2.24, 2.45) is 4.99 Å². The molecular weight excluding hydrogens is 236 g/mol. The van der Waals surface area contributed by atoms with Crippen LogP contribution in [0.15, 0.2) is 17.1 Å². The Balaban J connectivity index is 0.00000108. The Morgan fingerprint density at radius 2 is 2.06 bits per heavy atom. The van der Waals surface area contributed by atoms with Crippen LogP contribution in [0.5, 0.6) is 0 Å². The van der Waals surface area contributed by atoms with Crippen LogP contribution in [0.1, 0.15) is 24.1 Å². The van der Waals surface area contributed by atoms with E-state index in [2.05, 4.69) is 26.7 Å². The summed E-state index contributed by atoms with van der Waals surface area (Å²) < 4.78 is 0. The maximum absolute atomic E-state index is 4.64. The van der Waals surface area contributed by atoms with Crippen molar-refractivity contribution in [1.29, 1.82) is 0 Å². The van der Waals surface area contributed by atoms with E-state index in [1.54, 1.807) is 0 Å². The van der Waals surface area contributed by atoms with Gasteiger partial charge in [0.1, 0.15) is 5.82 Å². The molecular formula is C12H17ClN4. The number of aromatic nitrogens is 1. The average Bonchev–Trinajstić information content (AvgIpc) is 2.82. The molecule has 0 amide bonds. The molecule has 3 rings (SSSR count). The molecule has 1 aromatic heterocycles. The lowest BCUT2D eigenvalue weighted by molar-refractivity contribution is 0.669. The monoisotopic (exact) mass is 252 g/mol. The van der Waals surface area contributed by atoms with Gasteiger partial charge in [0.15, 0.2) is 5.96 Å². The first-order valence-electron chi connectivity index (χ1n) is 5.96. The van der Waals surface area contributed by atoms with Gasteiger partial charge in [-0.1, -0.05) is 6.07 Å². The minimum absolute atomic E-state index is 0. The van der Waals surface area contributed by atoms with Gasteiger partial charge in [0.25, 0.3) is 0 Å². The predicted octanol–water partition coefficient (Wildman–Crippen LogP) is 1.75. The lowest BCUT2D eigenvalue weighted by Gasteiger charge is -2.15. The van der Waals surface area contributed by atoms with Crippen LogP contribution in [-0.2, 0) is 12.8 Å². The van der Waals surface area contributed by atoms with Crippen molar-refractivity contribution in [3.63, 3.8) is 0 Å². The van der Waals surface area contributed by atoms with Crippen LogP contribution in [0.2, 0.25) is 0 Å². The van der Waals surface area contributed by atoms with Crippen LogP contribution in [0, 0.1) is 0 Å². The molecule has 0 spiro atoms. The Labute approximate surface area is 107 Å². The summed E-state index contributed by atoms with van der Waals surface area (Å²) in [5, 5.41) is 6.40. The zero-order valence-corrected chi connectivity index (χ0v) is 10.5. The normalized spacial score (nSPS) is 17.5. The number of aryl methyl sites for hydroxylation is 2. The van der Waals surface area contributed by atoms with E-state index < -0.39 is 0 Å². The summed E-state index contributed by atoms with van der Waals surface area (Å²) in [6.45, 7) is 1.78. The first kappa shape index (κ1) is 12.2. The second kappa shape index (κ2) is 5.36. The molecule has 1 aliphatic heterocycles. The lowest BCUT2D eigenvalue weighted by atomic mass is 9.96. The highest BCUT2D eigenvalue weighted by Crippen LogP contribution is 2.20. The van der Waals surface area contributed by atoms with Gasteiger partial charge >= 0.3 is 0 Å². The van der Waals surface area contributed by atoms with Crippen LogP contribution in [-0.4, -0.2) is 24.0 Å². The van der Waals surface area contributed by atoms with E-state index in [0.29, 0.717) is 0 Å². The molecule has 0 fully saturated rings. The van der Waals surface area contributed by atoms with E-state index in [1.165, 1.54) is 30.5 Å². The molecule has 17 heavy (non-hydrogen) atoms. The van der Waals surface area contributed by atoms with E-state index in [-0.39, 0.29) is 12.4 Å². The van der Waals surface area contributed by atoms with Crippen LogP contribution >= 0.6 is 12.4 Å². The SMILES string of the molecule is Cl.c1cc2c(nc1NC1=NCCN1)CCCC2. The predicted molar refractivity (Wildman–Crippen MR) is 72.1 cm³/mol. The van der Waals surface area contributed by atoms with Gasteiger partial charge in [-0.15, -0.1) is 12.4 Å². The maximum atomic E-state index is 4.64. The summed E-state index contributed by atoms with van der Waals surface area (Å²) in [4.78, 5) is 8.94. The molecule has 0 saturated heterocycles. The molecule has 0 atom stereocenters. The van der Waals surface area contributed by atoms with Gasteiger partial charge in [0, 0.05) is 12.2 Å². The van der Waals surface area contributed by atoms with Gasteiger partial charge in [0.05, 0.1) is 6.54 Å². The summed E-state index contributed by atoms with van der Waals surface area (Å²) in [6.07, 6.45) is 4.87. The van der Waals surface area contributed by atoms with Crippen molar-refractivity contribution in [1.82, 2.24) is 10.3 Å². The fourth-order valence-corrected chi connectivity index (χ4v) is 2.25. The molecule has 0 radical (unpaired) electrons. The summed E-state index contributed by atoms with van der Waals surface area (Å²) in [5.74, 6) is 1.76. The number of nitrogens with zero attached hydrogens (tertiary/aromatic N) is 2. The Hall–Kier alpha value is -1.29. The van der Waals surface area contributed by atoms with Crippen LogP contribution < -0.4 is 10.6 Å². The third-order valence-electron chi connectivity index (χ3n) is 3.10. The average molecular weight is 253 g/mol. The summed E-state index contributed by atoms with van der Waals surface area (Å²) >= 11 is 0. The Bertz CT molecular complexity index is 431. The first-order chi connectivity index (χ1) is 7.92. The highest BCUT2D eigenvalue weighted by molar-refractivity contribution is 5.93. The maximum Gasteiger partial charge on any atom is 0.197 e. The van der Waals surface area contributed by atoms with E-state index in [4.69, 9.17) is 0 Å². The van der Waals surface area contributed by atoms with E-state index >= 15 is 0 Å². The summed E-state index contributed by atoms with van der Waals surface area (Å²) in [5.41, 5.74) is 2.67. The third kappa shape index (κ3) is 2.69. The molecule has 0 bridgehead atoms. The number of pyridine rings is 1. The Morgan fingerprint density at radius 1 is 1.18 bits per heavy atom. The number of guanidine groups is 1. The van der Waals surface area contributed by atoms with Gasteiger partial charge in [-0.05, 0) is 37.3 Å². The number of rotatable bonds is 1. The zero-order valence-electron chi connectivity index (χ0n) is 9.70. The first-order valence-corrected chi connectivity index (χ1v) is 5.96. The van der Waals surface area contributed by atoms with Crippen LogP contribution in [0.4, 0.5) is 5.82 Å². The standard InChI is InChI=1S/C12H16N4.ClH/c1-2-4-10-9(3-1)5-6-11(15-10)16-12-13-7-8-14-12;/h5-6H,1-4,7-8H2,(H2,13,14,15,16);1H. The summed E-state index contributed by atoms with van der Waals surface area (Å²) in [6, 6.07) is 4.24. The van der Waals surface area contributed by atoms with Crippen molar-refractivity contribution in [2.45, 2.75) is 25.7 Å². The molecule has 1 aliphatic carbocycles. The summed E-state index contributed by atoms with van der Waals surface area (Å²) in [7, 11) is 0. The minimum Gasteiger partial charge on any atom is -0.354 e. The molecule has 5 heteroatoms. The van der Waals surface area contributed by atoms with Gasteiger partial charge in [-0.2, -0.15) is 0 Å². The van der Waals surface area contributed by atoms with Crippen molar-refractivity contribution in [3.8, 4) is 0 Å². The van der Waals surface area contributed by atoms with Crippen molar-refractivity contribution in [3.05, 3.63) is 23.4 Å². The minimum atomic E-state index is 0. The van der Waals surface area contributed by atoms with Gasteiger partial charge < -0.3 is 10.6 Å². The lowest BCUT2D eigenvalue weighted by Crippen LogP contribution is -2.26. The highest BCUT2D eigenvalue weighted by atomic mass is 35.5. The Kier molecular flexibility index (Phi) is 3.84. The smallest absolute Gasteiger partial charge is 0.197 e. The quantitative estimate of drug-likeness (QED) is 0.801. The molecule has 2 N–H and O–H groups in total. The molecule has 92 valence electrons. The van der Waals surface area contributed by atoms with Crippen molar-refractivity contribution in [2.75, 3.05) is 18.4 Å². The number of nitrogens with one attached hydrogen (secondary N) is 2. The number of hydrogen-bond donors (Lipinski definition) is 2. The van der Waals surface area contributed by atoms with Crippen molar-refractivity contribution < 1.29 is 0 Å². The zero-order chi connectivity index (χ0) is 10.8. The van der Waals surface area contributed by atoms with Gasteiger partial charge in [-0.3, -0.25) is 4.99 Å². The number of aliphatic imine (C=N–C) groups is 1. The van der Waals surface area contributed by atoms with Crippen molar-refractivity contribution >= 4 is 24.2 Å². The number of halogens is 1.